The molecule has 2 aromatic carbocycles. The summed E-state index contributed by atoms with van der Waals surface area (Å²) in [6, 6.07) is 11.3. The van der Waals surface area contributed by atoms with Gasteiger partial charge >= 0.3 is 0 Å². The summed E-state index contributed by atoms with van der Waals surface area (Å²) in [7, 11) is 1.53. The van der Waals surface area contributed by atoms with Gasteiger partial charge in [0.2, 0.25) is 5.91 Å². The van der Waals surface area contributed by atoms with Gasteiger partial charge < -0.3 is 14.8 Å². The zero-order valence-corrected chi connectivity index (χ0v) is 14.9. The standard InChI is InChI=1S/C19H22N2O5/c1-3-4-11-26-18-10-9-15(25-2)13-16(18)20-19(22)12-14-7-5-6-8-17(14)21(23)24/h5-10,13H,3-4,11-12H2,1-2H3,(H,20,22). The highest BCUT2D eigenvalue weighted by Crippen LogP contribution is 2.30. The van der Waals surface area contributed by atoms with Crippen LogP contribution < -0.4 is 14.8 Å². The van der Waals surface area contributed by atoms with Crippen LogP contribution in [0, 0.1) is 10.1 Å². The number of benzene rings is 2. The van der Waals surface area contributed by atoms with Gasteiger partial charge in [-0.1, -0.05) is 31.5 Å². The highest BCUT2D eigenvalue weighted by Gasteiger charge is 2.17. The van der Waals surface area contributed by atoms with E-state index < -0.39 is 4.92 Å². The normalized spacial score (nSPS) is 10.2. The molecule has 2 rings (SSSR count). The van der Waals surface area contributed by atoms with Crippen molar-refractivity contribution in [2.45, 2.75) is 26.2 Å². The van der Waals surface area contributed by atoms with E-state index in [0.29, 0.717) is 29.4 Å². The first-order valence-corrected chi connectivity index (χ1v) is 8.38. The lowest BCUT2D eigenvalue weighted by molar-refractivity contribution is -0.385. The Bertz CT molecular complexity index is 776. The Hall–Kier alpha value is -3.09. The second-order valence-electron chi connectivity index (χ2n) is 5.67. The van der Waals surface area contributed by atoms with Crippen LogP contribution in [-0.2, 0) is 11.2 Å². The van der Waals surface area contributed by atoms with E-state index >= 15 is 0 Å². The first kappa shape index (κ1) is 19.2. The van der Waals surface area contributed by atoms with Gasteiger partial charge in [-0.25, -0.2) is 0 Å². The lowest BCUT2D eigenvalue weighted by Gasteiger charge is -2.14. The zero-order chi connectivity index (χ0) is 18.9. The fraction of sp³-hybridized carbons (Fsp3) is 0.316. The number of nitro groups is 1. The largest absolute Gasteiger partial charge is 0.497 e. The van der Waals surface area contributed by atoms with E-state index in [-0.39, 0.29) is 18.0 Å². The minimum absolute atomic E-state index is 0.0762. The fourth-order valence-corrected chi connectivity index (χ4v) is 2.39. The number of anilines is 1. The van der Waals surface area contributed by atoms with Gasteiger partial charge in [-0.3, -0.25) is 14.9 Å². The smallest absolute Gasteiger partial charge is 0.273 e. The summed E-state index contributed by atoms with van der Waals surface area (Å²) in [6.45, 7) is 2.60. The van der Waals surface area contributed by atoms with Crippen LogP contribution in [0.1, 0.15) is 25.3 Å². The van der Waals surface area contributed by atoms with Gasteiger partial charge in [-0.2, -0.15) is 0 Å². The van der Waals surface area contributed by atoms with Crippen molar-refractivity contribution in [3.8, 4) is 11.5 Å². The Labute approximate surface area is 152 Å². The summed E-state index contributed by atoms with van der Waals surface area (Å²) < 4.78 is 10.9. The molecule has 0 aliphatic heterocycles. The highest BCUT2D eigenvalue weighted by molar-refractivity contribution is 5.94. The second kappa shape index (κ2) is 9.41. The number of methoxy groups -OCH3 is 1. The van der Waals surface area contributed by atoms with Crippen LogP contribution in [0.2, 0.25) is 0 Å². The molecule has 0 heterocycles. The van der Waals surface area contributed by atoms with Gasteiger partial charge in [-0.05, 0) is 18.6 Å². The van der Waals surface area contributed by atoms with Crippen LogP contribution >= 0.6 is 0 Å². The quantitative estimate of drug-likeness (QED) is 0.416. The van der Waals surface area contributed by atoms with E-state index in [0.717, 1.165) is 12.8 Å². The van der Waals surface area contributed by atoms with Gasteiger partial charge in [0.05, 0.1) is 30.7 Å². The molecule has 0 fully saturated rings. The number of rotatable bonds is 9. The minimum atomic E-state index is -0.493. The van der Waals surface area contributed by atoms with Gasteiger partial charge in [-0.15, -0.1) is 0 Å². The number of carbonyl (C=O) groups excluding carboxylic acids is 1. The average molecular weight is 358 g/mol. The third-order valence-electron chi connectivity index (χ3n) is 3.76. The van der Waals surface area contributed by atoms with Crippen molar-refractivity contribution < 1.29 is 19.2 Å². The van der Waals surface area contributed by atoms with Crippen LogP contribution in [-0.4, -0.2) is 24.5 Å². The maximum atomic E-state index is 12.4. The molecule has 0 atom stereocenters. The molecule has 138 valence electrons. The van der Waals surface area contributed by atoms with Crippen LogP contribution in [0.25, 0.3) is 0 Å². The molecule has 0 aliphatic rings. The van der Waals surface area contributed by atoms with Gasteiger partial charge in [0.1, 0.15) is 11.5 Å². The van der Waals surface area contributed by atoms with Crippen molar-refractivity contribution in [3.63, 3.8) is 0 Å². The number of nitrogens with zero attached hydrogens (tertiary/aromatic N) is 1. The number of hydrogen-bond acceptors (Lipinski definition) is 5. The molecule has 7 heteroatoms. The number of ether oxygens (including phenoxy) is 2. The van der Waals surface area contributed by atoms with Crippen LogP contribution in [0.3, 0.4) is 0 Å². The van der Waals surface area contributed by atoms with Crippen molar-refractivity contribution in [1.82, 2.24) is 0 Å². The van der Waals surface area contributed by atoms with Crippen LogP contribution in [0.15, 0.2) is 42.5 Å². The van der Waals surface area contributed by atoms with E-state index in [9.17, 15) is 14.9 Å². The number of amides is 1. The van der Waals surface area contributed by atoms with Crippen molar-refractivity contribution in [1.29, 1.82) is 0 Å². The lowest BCUT2D eigenvalue weighted by Crippen LogP contribution is -2.16. The van der Waals surface area contributed by atoms with E-state index in [2.05, 4.69) is 12.2 Å². The third-order valence-corrected chi connectivity index (χ3v) is 3.76. The maximum Gasteiger partial charge on any atom is 0.273 e. The van der Waals surface area contributed by atoms with Crippen LogP contribution in [0.5, 0.6) is 11.5 Å². The molecule has 0 saturated heterocycles. The Morgan fingerprint density at radius 1 is 1.23 bits per heavy atom. The molecule has 1 N–H and O–H groups in total. The Morgan fingerprint density at radius 2 is 2.00 bits per heavy atom. The minimum Gasteiger partial charge on any atom is -0.497 e. The molecule has 0 bridgehead atoms. The summed E-state index contributed by atoms with van der Waals surface area (Å²) in [4.78, 5) is 23.0. The molecule has 0 aromatic heterocycles. The van der Waals surface area contributed by atoms with E-state index in [1.807, 2.05) is 0 Å². The molecule has 0 radical (unpaired) electrons. The fourth-order valence-electron chi connectivity index (χ4n) is 2.39. The van der Waals surface area contributed by atoms with E-state index in [1.165, 1.54) is 13.2 Å². The SMILES string of the molecule is CCCCOc1ccc(OC)cc1NC(=O)Cc1ccccc1[N+](=O)[O-]. The van der Waals surface area contributed by atoms with Crippen molar-refractivity contribution in [2.75, 3.05) is 19.0 Å². The second-order valence-corrected chi connectivity index (χ2v) is 5.67. The van der Waals surface area contributed by atoms with Crippen LogP contribution in [0.4, 0.5) is 11.4 Å². The van der Waals surface area contributed by atoms with Crippen molar-refractivity contribution >= 4 is 17.3 Å². The number of carbonyl (C=O) groups is 1. The molecule has 0 unspecified atom stereocenters. The number of para-hydroxylation sites is 1. The number of unbranched alkanes of at least 4 members (excludes halogenated alkanes) is 1. The molecule has 0 spiro atoms. The lowest BCUT2D eigenvalue weighted by atomic mass is 10.1. The van der Waals surface area contributed by atoms with Crippen molar-refractivity contribution in [2.24, 2.45) is 0 Å². The molecule has 7 nitrogen and oxygen atoms in total. The average Bonchev–Trinajstić information content (AvgIpc) is 2.63. The molecule has 26 heavy (non-hydrogen) atoms. The Balaban J connectivity index is 2.16. The molecule has 1 amide bonds. The monoisotopic (exact) mass is 358 g/mol. The predicted molar refractivity (Wildman–Crippen MR) is 98.8 cm³/mol. The van der Waals surface area contributed by atoms with Gasteiger partial charge in [0.15, 0.2) is 0 Å². The maximum absolute atomic E-state index is 12.4. The summed E-state index contributed by atoms with van der Waals surface area (Å²) in [5.41, 5.74) is 0.753. The topological polar surface area (TPSA) is 90.7 Å². The highest BCUT2D eigenvalue weighted by atomic mass is 16.6. The molecular weight excluding hydrogens is 336 g/mol. The van der Waals surface area contributed by atoms with Gasteiger partial charge in [0, 0.05) is 17.7 Å². The number of nitro benzene ring substituents is 1. The van der Waals surface area contributed by atoms with Crippen molar-refractivity contribution in [3.05, 3.63) is 58.1 Å². The number of hydrogen-bond donors (Lipinski definition) is 1. The zero-order valence-electron chi connectivity index (χ0n) is 14.9. The summed E-state index contributed by atoms with van der Waals surface area (Å²) in [5.74, 6) is 0.747. The summed E-state index contributed by atoms with van der Waals surface area (Å²) in [5, 5.41) is 13.8. The number of nitrogens with one attached hydrogen (secondary N) is 1. The molecule has 2 aromatic rings. The van der Waals surface area contributed by atoms with Gasteiger partial charge in [0.25, 0.3) is 5.69 Å². The first-order valence-electron chi connectivity index (χ1n) is 8.38. The third kappa shape index (κ3) is 5.20. The van der Waals surface area contributed by atoms with E-state index in [1.54, 1.807) is 36.4 Å². The summed E-state index contributed by atoms with van der Waals surface area (Å²) in [6.07, 6.45) is 1.79. The molecule has 0 aliphatic carbocycles. The predicted octanol–water partition coefficient (Wildman–Crippen LogP) is 3.96. The Morgan fingerprint density at radius 3 is 2.69 bits per heavy atom. The molecule has 0 saturated carbocycles. The van der Waals surface area contributed by atoms with E-state index in [4.69, 9.17) is 9.47 Å². The summed E-state index contributed by atoms with van der Waals surface area (Å²) >= 11 is 0. The Kier molecular flexibility index (Phi) is 6.96. The molecular formula is C19H22N2O5. The first-order chi connectivity index (χ1) is 12.5.